The monoisotopic (exact) mass is 1040 g/mol. The molecule has 0 aromatic heterocycles. The maximum atomic E-state index is 13.0. The quantitative estimate of drug-likeness (QED) is 0.0196. The first kappa shape index (κ1) is 67.8. The van der Waals surface area contributed by atoms with Gasteiger partial charge in [0.25, 0.3) is 0 Å². The molecule has 1 saturated heterocycles. The summed E-state index contributed by atoms with van der Waals surface area (Å²) in [4.78, 5) is 13.0. The zero-order chi connectivity index (χ0) is 52.4. The fourth-order valence-electron chi connectivity index (χ4n) is 8.78. The van der Waals surface area contributed by atoms with E-state index in [9.17, 15) is 33.1 Å². The highest BCUT2D eigenvalue weighted by Crippen LogP contribution is 2.26. The highest BCUT2D eigenvalue weighted by Gasteiger charge is 2.48. The maximum Gasteiger partial charge on any atom is 0.397 e. The van der Waals surface area contributed by atoms with Crippen LogP contribution in [0.1, 0.15) is 245 Å². The van der Waals surface area contributed by atoms with Gasteiger partial charge in [-0.3, -0.25) is 9.35 Å². The molecule has 1 fully saturated rings. The van der Waals surface area contributed by atoms with E-state index in [1.54, 1.807) is 0 Å². The number of ether oxygens (including phenoxy) is 4. The van der Waals surface area contributed by atoms with E-state index >= 15 is 0 Å². The predicted octanol–water partition coefficient (Wildman–Crippen LogP) is 14.4. The number of unbranched alkanes of at least 4 members (excludes halogenated alkanes) is 28. The number of rotatable bonds is 51. The first-order valence-corrected chi connectivity index (χ1v) is 30.4. The third-order valence-corrected chi connectivity index (χ3v) is 13.6. The Labute approximate surface area is 439 Å². The molecule has 72 heavy (non-hydrogen) atoms. The topological polar surface area (TPSA) is 178 Å². The molecule has 1 aliphatic rings. The van der Waals surface area contributed by atoms with Crippen LogP contribution in [0.25, 0.3) is 0 Å². The Morgan fingerprint density at radius 1 is 0.542 bits per heavy atom. The van der Waals surface area contributed by atoms with Gasteiger partial charge in [0, 0.05) is 13.0 Å². The van der Waals surface area contributed by atoms with Crippen molar-refractivity contribution in [1.82, 2.24) is 0 Å². The van der Waals surface area contributed by atoms with Crippen LogP contribution in [0.3, 0.4) is 0 Å². The molecule has 420 valence electrons. The number of carbonyl (C=O) groups is 1. The summed E-state index contributed by atoms with van der Waals surface area (Å²) >= 11 is 0. The van der Waals surface area contributed by atoms with E-state index in [1.807, 2.05) is 0 Å². The summed E-state index contributed by atoms with van der Waals surface area (Å²) in [6.07, 6.45) is 55.4. The van der Waals surface area contributed by atoms with Gasteiger partial charge in [-0.1, -0.05) is 222 Å². The number of hydrogen-bond acceptors (Lipinski definition) is 11. The van der Waals surface area contributed by atoms with E-state index < -0.39 is 59.8 Å². The van der Waals surface area contributed by atoms with Gasteiger partial charge in [0.2, 0.25) is 0 Å². The molecule has 4 N–H and O–H groups in total. The average Bonchev–Trinajstić information content (AvgIpc) is 3.36. The second-order valence-corrected chi connectivity index (χ2v) is 20.9. The Balaban J connectivity index is 2.29. The summed E-state index contributed by atoms with van der Waals surface area (Å²) in [6.45, 7) is 3.91. The van der Waals surface area contributed by atoms with Crippen LogP contribution in [0.5, 0.6) is 0 Å². The lowest BCUT2D eigenvalue weighted by molar-refractivity contribution is -0.301. The van der Waals surface area contributed by atoms with Crippen molar-refractivity contribution in [3.63, 3.8) is 0 Å². The number of aliphatic hydroxyl groups excluding tert-OH is 3. The molecule has 0 radical (unpaired) electrons. The number of allylic oxidation sites excluding steroid dienone is 10. The van der Waals surface area contributed by atoms with Crippen molar-refractivity contribution in [2.24, 2.45) is 0 Å². The van der Waals surface area contributed by atoms with Crippen molar-refractivity contribution in [1.29, 1.82) is 0 Å². The van der Waals surface area contributed by atoms with Gasteiger partial charge in [-0.25, -0.2) is 4.18 Å². The molecular formula is C59H106O12S. The Bertz CT molecular complexity index is 1480. The van der Waals surface area contributed by atoms with E-state index in [0.717, 1.165) is 70.6 Å². The number of carbonyl (C=O) groups excluding carboxylic acids is 1. The number of aliphatic hydroxyl groups is 3. The van der Waals surface area contributed by atoms with E-state index in [2.05, 4.69) is 78.8 Å². The molecule has 1 aliphatic heterocycles. The second-order valence-electron chi connectivity index (χ2n) is 19.8. The van der Waals surface area contributed by atoms with Gasteiger partial charge in [-0.05, 0) is 77.0 Å². The van der Waals surface area contributed by atoms with E-state index in [4.69, 9.17) is 18.9 Å². The number of hydrogen-bond donors (Lipinski definition) is 4. The summed E-state index contributed by atoms with van der Waals surface area (Å²) in [5.41, 5.74) is 0. The third-order valence-electron chi connectivity index (χ3n) is 13.1. The Kier molecular flexibility index (Phi) is 46.8. The summed E-state index contributed by atoms with van der Waals surface area (Å²) < 4.78 is 59.4. The maximum absolute atomic E-state index is 13.0. The van der Waals surface area contributed by atoms with Crippen molar-refractivity contribution in [2.75, 3.05) is 26.4 Å². The molecule has 0 spiro atoms. The van der Waals surface area contributed by atoms with Gasteiger partial charge in [0.05, 0.1) is 19.8 Å². The smallest absolute Gasteiger partial charge is 0.397 e. The number of esters is 1. The van der Waals surface area contributed by atoms with Crippen molar-refractivity contribution in [3.05, 3.63) is 60.8 Å². The van der Waals surface area contributed by atoms with Crippen LogP contribution in [0.2, 0.25) is 0 Å². The fraction of sp³-hybridized carbons (Fsp3) is 0.814. The minimum Gasteiger partial charge on any atom is -0.457 e. The zero-order valence-electron chi connectivity index (χ0n) is 45.5. The van der Waals surface area contributed by atoms with Crippen LogP contribution < -0.4 is 0 Å². The third kappa shape index (κ3) is 42.1. The van der Waals surface area contributed by atoms with Crippen LogP contribution in [-0.2, 0) is 38.3 Å². The lowest BCUT2D eigenvalue weighted by Gasteiger charge is -2.41. The molecule has 0 saturated carbocycles. The summed E-state index contributed by atoms with van der Waals surface area (Å²) in [5.74, 6) is -0.400. The van der Waals surface area contributed by atoms with Crippen molar-refractivity contribution >= 4 is 16.4 Å². The Hall–Kier alpha value is -2.20. The van der Waals surface area contributed by atoms with Gasteiger partial charge in [-0.15, -0.1) is 0 Å². The first-order valence-electron chi connectivity index (χ1n) is 29.0. The molecule has 13 heteroatoms. The highest BCUT2D eigenvalue weighted by atomic mass is 32.3. The zero-order valence-corrected chi connectivity index (χ0v) is 46.3. The van der Waals surface area contributed by atoms with Crippen LogP contribution >= 0.6 is 0 Å². The average molecular weight is 1040 g/mol. The minimum atomic E-state index is -5.07. The molecule has 1 rings (SSSR count). The normalized spacial score (nSPS) is 19.3. The van der Waals surface area contributed by atoms with Crippen LogP contribution in [-0.4, -0.2) is 97.5 Å². The molecule has 0 aliphatic carbocycles. The van der Waals surface area contributed by atoms with Gasteiger partial charge in [-0.2, -0.15) is 8.42 Å². The van der Waals surface area contributed by atoms with Crippen LogP contribution in [0, 0.1) is 0 Å². The van der Waals surface area contributed by atoms with Gasteiger partial charge >= 0.3 is 16.4 Å². The Morgan fingerprint density at radius 2 is 0.958 bits per heavy atom. The molecule has 0 aromatic rings. The minimum absolute atomic E-state index is 0.0342. The Morgan fingerprint density at radius 3 is 1.42 bits per heavy atom. The predicted molar refractivity (Wildman–Crippen MR) is 294 cm³/mol. The van der Waals surface area contributed by atoms with E-state index in [1.165, 1.54) is 148 Å². The van der Waals surface area contributed by atoms with Crippen LogP contribution in [0.15, 0.2) is 60.8 Å². The highest BCUT2D eigenvalue weighted by molar-refractivity contribution is 7.80. The summed E-state index contributed by atoms with van der Waals surface area (Å²) in [7, 11) is -5.07. The molecule has 0 amide bonds. The molecular weight excluding hydrogens is 933 g/mol. The summed E-state index contributed by atoms with van der Waals surface area (Å²) in [6, 6.07) is 0. The molecule has 0 aromatic carbocycles. The standard InChI is InChI=1S/C59H106O12S/c1-3-5-7-9-11-13-15-17-19-21-23-25-26-27-28-29-30-32-34-36-38-40-42-44-46-48-55(61)69-53(52-68-59-57(63)58(71-72(64,65)66)56(62)54(50-60)70-59)51-67-49-47-45-43-41-39-37-35-33-31-24-22-20-18-16-14-12-10-8-6-4-2/h5,7,11,13,17-20,23,25,53-54,56-60,62-63H,3-4,6,8-10,12,14-16,21-22,24,26-52H2,1-2H3,(H,64,65,66)/b7-5-,13-11-,19-17-,20-18-,25-23-. The van der Waals surface area contributed by atoms with E-state index in [0.29, 0.717) is 13.0 Å². The molecule has 6 atom stereocenters. The first-order chi connectivity index (χ1) is 35.1. The van der Waals surface area contributed by atoms with Crippen molar-refractivity contribution in [2.45, 2.75) is 282 Å². The molecule has 0 bridgehead atoms. The van der Waals surface area contributed by atoms with Gasteiger partial charge in [0.15, 0.2) is 6.29 Å². The second kappa shape index (κ2) is 49.7. The molecule has 6 unspecified atom stereocenters. The van der Waals surface area contributed by atoms with E-state index in [-0.39, 0.29) is 19.6 Å². The summed E-state index contributed by atoms with van der Waals surface area (Å²) in [5, 5.41) is 30.8. The SMILES string of the molecule is CC/C=C\C/C=C\C/C=C\C/C=C\CCCCCCCCCCCCCCC(=O)OC(COCCCCCCCCCCCC/C=C\CCCCCCCC)COC1OC(CO)C(O)C(OS(=O)(=O)O)C1O. The largest absolute Gasteiger partial charge is 0.457 e. The van der Waals surface area contributed by atoms with Crippen molar-refractivity contribution in [3.8, 4) is 0 Å². The van der Waals surface area contributed by atoms with Crippen LogP contribution in [0.4, 0.5) is 0 Å². The lowest BCUT2D eigenvalue weighted by Crippen LogP contribution is -2.60. The van der Waals surface area contributed by atoms with Gasteiger partial charge < -0.3 is 34.3 Å². The van der Waals surface area contributed by atoms with Crippen molar-refractivity contribution < 1.29 is 56.2 Å². The molecule has 1 heterocycles. The molecule has 12 nitrogen and oxygen atoms in total. The van der Waals surface area contributed by atoms with Gasteiger partial charge in [0.1, 0.15) is 30.5 Å². The lowest BCUT2D eigenvalue weighted by atomic mass is 9.99. The fourth-order valence-corrected chi connectivity index (χ4v) is 9.29.